The number of carboxylic acid groups (broad SMARTS) is 1. The van der Waals surface area contributed by atoms with Crippen molar-refractivity contribution in [2.75, 3.05) is 13.7 Å². The van der Waals surface area contributed by atoms with E-state index in [1.165, 1.54) is 4.90 Å². The lowest BCUT2D eigenvalue weighted by Crippen LogP contribution is -2.49. The molecule has 1 aliphatic rings. The highest BCUT2D eigenvalue weighted by molar-refractivity contribution is 5.95. The van der Waals surface area contributed by atoms with Crippen LogP contribution in [0.1, 0.15) is 35.8 Å². The maximum Gasteiger partial charge on any atom is 0.326 e. The van der Waals surface area contributed by atoms with Crippen molar-refractivity contribution in [1.82, 2.24) is 14.7 Å². The average Bonchev–Trinajstić information content (AvgIpc) is 3.11. The molecule has 1 saturated heterocycles. The predicted molar refractivity (Wildman–Crippen MR) is 95.7 cm³/mol. The van der Waals surface area contributed by atoms with Crippen LogP contribution < -0.4 is 4.74 Å². The molecular weight excluding hydrogens is 334 g/mol. The number of aliphatic carboxylic acids is 1. The van der Waals surface area contributed by atoms with Gasteiger partial charge in [0.2, 0.25) is 0 Å². The molecule has 0 spiro atoms. The number of aromatic nitrogens is 2. The van der Waals surface area contributed by atoms with E-state index in [4.69, 9.17) is 4.74 Å². The summed E-state index contributed by atoms with van der Waals surface area (Å²) in [7, 11) is 1.58. The highest BCUT2D eigenvalue weighted by Gasteiger charge is 2.35. The second-order valence-corrected chi connectivity index (χ2v) is 6.80. The van der Waals surface area contributed by atoms with E-state index >= 15 is 0 Å². The summed E-state index contributed by atoms with van der Waals surface area (Å²) in [5, 5.41) is 13.8. The van der Waals surface area contributed by atoms with Crippen LogP contribution in [0.25, 0.3) is 5.69 Å². The number of benzene rings is 1. The lowest BCUT2D eigenvalue weighted by molar-refractivity contribution is -0.144. The number of carbonyl (C=O) groups is 2. The molecule has 138 valence electrons. The zero-order valence-electron chi connectivity index (χ0n) is 15.2. The molecule has 0 aliphatic carbocycles. The molecule has 0 bridgehead atoms. The van der Waals surface area contributed by atoms with Gasteiger partial charge in [-0.2, -0.15) is 5.10 Å². The van der Waals surface area contributed by atoms with Gasteiger partial charge in [0, 0.05) is 12.7 Å². The maximum atomic E-state index is 12.8. The molecule has 1 aromatic heterocycles. The lowest BCUT2D eigenvalue weighted by atomic mass is 9.92. The van der Waals surface area contributed by atoms with Gasteiger partial charge in [-0.05, 0) is 49.4 Å². The van der Waals surface area contributed by atoms with Crippen molar-refractivity contribution in [1.29, 1.82) is 0 Å². The fourth-order valence-corrected chi connectivity index (χ4v) is 3.32. The quantitative estimate of drug-likeness (QED) is 0.909. The zero-order chi connectivity index (χ0) is 18.8. The lowest BCUT2D eigenvalue weighted by Gasteiger charge is -2.35. The first kappa shape index (κ1) is 18.0. The number of rotatable bonds is 4. The van der Waals surface area contributed by atoms with Crippen molar-refractivity contribution >= 4 is 11.9 Å². The minimum Gasteiger partial charge on any atom is -0.494 e. The summed E-state index contributed by atoms with van der Waals surface area (Å²) in [4.78, 5) is 25.8. The van der Waals surface area contributed by atoms with Crippen molar-refractivity contribution in [2.24, 2.45) is 5.92 Å². The Kier molecular flexibility index (Phi) is 4.97. The molecule has 2 aromatic rings. The third kappa shape index (κ3) is 3.42. The molecule has 2 unspecified atom stereocenters. The molecule has 1 aliphatic heterocycles. The highest BCUT2D eigenvalue weighted by Crippen LogP contribution is 2.26. The molecule has 3 rings (SSSR count). The smallest absolute Gasteiger partial charge is 0.326 e. The van der Waals surface area contributed by atoms with Gasteiger partial charge in [0.15, 0.2) is 5.69 Å². The first-order valence-electron chi connectivity index (χ1n) is 8.65. The Morgan fingerprint density at radius 1 is 1.31 bits per heavy atom. The molecule has 1 amide bonds. The first-order chi connectivity index (χ1) is 12.4. The molecule has 26 heavy (non-hydrogen) atoms. The minimum atomic E-state index is -0.968. The Balaban J connectivity index is 1.89. The summed E-state index contributed by atoms with van der Waals surface area (Å²) >= 11 is 0. The number of piperidine rings is 1. The molecule has 0 saturated carbocycles. The van der Waals surface area contributed by atoms with Gasteiger partial charge in [0.25, 0.3) is 5.91 Å². The van der Waals surface area contributed by atoms with Gasteiger partial charge in [0.1, 0.15) is 17.5 Å². The number of methoxy groups -OCH3 is 1. The van der Waals surface area contributed by atoms with Gasteiger partial charge < -0.3 is 14.7 Å². The normalized spacial score (nSPS) is 20.0. The fraction of sp³-hybridized carbons (Fsp3) is 0.421. The number of nitrogens with zero attached hydrogens (tertiary/aromatic N) is 3. The van der Waals surface area contributed by atoms with Crippen molar-refractivity contribution in [2.45, 2.75) is 32.7 Å². The van der Waals surface area contributed by atoms with Crippen molar-refractivity contribution in [3.63, 3.8) is 0 Å². The van der Waals surface area contributed by atoms with E-state index < -0.39 is 12.0 Å². The van der Waals surface area contributed by atoms with E-state index in [0.717, 1.165) is 17.7 Å². The van der Waals surface area contributed by atoms with Crippen molar-refractivity contribution in [3.05, 3.63) is 41.7 Å². The Morgan fingerprint density at radius 2 is 2.08 bits per heavy atom. The molecule has 1 aromatic carbocycles. The largest absolute Gasteiger partial charge is 0.494 e. The van der Waals surface area contributed by atoms with Gasteiger partial charge in [-0.25, -0.2) is 9.48 Å². The van der Waals surface area contributed by atoms with E-state index in [1.807, 2.05) is 32.0 Å². The van der Waals surface area contributed by atoms with Crippen LogP contribution >= 0.6 is 0 Å². The second kappa shape index (κ2) is 7.19. The number of carbonyl (C=O) groups excluding carboxylic acids is 1. The number of ether oxygens (including phenoxy) is 1. The summed E-state index contributed by atoms with van der Waals surface area (Å²) in [5.41, 5.74) is 2.00. The number of hydrogen-bond acceptors (Lipinski definition) is 4. The average molecular weight is 357 g/mol. The third-order valence-electron chi connectivity index (χ3n) is 4.80. The van der Waals surface area contributed by atoms with E-state index in [2.05, 4.69) is 5.10 Å². The van der Waals surface area contributed by atoms with Gasteiger partial charge in [-0.1, -0.05) is 13.0 Å². The monoisotopic (exact) mass is 357 g/mol. The molecule has 0 radical (unpaired) electrons. The molecule has 1 fully saturated rings. The van der Waals surface area contributed by atoms with Crippen LogP contribution in [0.15, 0.2) is 30.5 Å². The summed E-state index contributed by atoms with van der Waals surface area (Å²) in [5.74, 6) is -0.387. The standard InChI is InChI=1S/C19H23N3O4/c1-12-4-5-17(26-3)15(10-12)22-9-7-14(20-22)18(23)21-8-6-13(2)11-16(21)19(24)25/h4-5,7,9-10,13,16H,6,8,11H2,1-3H3,(H,24,25). The number of hydrogen-bond donors (Lipinski definition) is 1. The molecule has 2 atom stereocenters. The maximum absolute atomic E-state index is 12.8. The SMILES string of the molecule is COc1ccc(C)cc1-n1ccc(C(=O)N2CCC(C)CC2C(=O)O)n1. The second-order valence-electron chi connectivity index (χ2n) is 6.80. The van der Waals surface area contributed by atoms with Gasteiger partial charge in [-0.3, -0.25) is 4.79 Å². The highest BCUT2D eigenvalue weighted by atomic mass is 16.5. The molecule has 7 heteroatoms. The van der Waals surface area contributed by atoms with Crippen LogP contribution in [0.3, 0.4) is 0 Å². The molecule has 2 heterocycles. The minimum absolute atomic E-state index is 0.231. The zero-order valence-corrected chi connectivity index (χ0v) is 15.2. The summed E-state index contributed by atoms with van der Waals surface area (Å²) < 4.78 is 6.95. The Morgan fingerprint density at radius 3 is 2.77 bits per heavy atom. The van der Waals surface area contributed by atoms with Crippen molar-refractivity contribution in [3.8, 4) is 11.4 Å². The Bertz CT molecular complexity index is 830. The number of carboxylic acids is 1. The van der Waals surface area contributed by atoms with Crippen LogP contribution in [-0.4, -0.2) is 51.4 Å². The van der Waals surface area contributed by atoms with Gasteiger partial charge >= 0.3 is 5.97 Å². The third-order valence-corrected chi connectivity index (χ3v) is 4.80. The number of likely N-dealkylation sites (tertiary alicyclic amines) is 1. The first-order valence-corrected chi connectivity index (χ1v) is 8.65. The van der Waals surface area contributed by atoms with E-state index in [1.54, 1.807) is 24.1 Å². The van der Waals surface area contributed by atoms with Crippen LogP contribution in [0.2, 0.25) is 0 Å². The molecule has 7 nitrogen and oxygen atoms in total. The van der Waals surface area contributed by atoms with E-state index in [-0.39, 0.29) is 17.5 Å². The van der Waals surface area contributed by atoms with Crippen molar-refractivity contribution < 1.29 is 19.4 Å². The van der Waals surface area contributed by atoms with E-state index in [9.17, 15) is 14.7 Å². The van der Waals surface area contributed by atoms with E-state index in [0.29, 0.717) is 18.7 Å². The Hall–Kier alpha value is -2.83. The number of amides is 1. The summed E-state index contributed by atoms with van der Waals surface area (Å²) in [6.07, 6.45) is 2.95. The van der Waals surface area contributed by atoms with Crippen LogP contribution in [-0.2, 0) is 4.79 Å². The predicted octanol–water partition coefficient (Wildman–Crippen LogP) is 2.51. The van der Waals surface area contributed by atoms with Gasteiger partial charge in [0.05, 0.1) is 7.11 Å². The van der Waals surface area contributed by atoms with Crippen LogP contribution in [0.4, 0.5) is 0 Å². The molecule has 1 N–H and O–H groups in total. The van der Waals surface area contributed by atoms with Gasteiger partial charge in [-0.15, -0.1) is 0 Å². The van der Waals surface area contributed by atoms with Crippen LogP contribution in [0.5, 0.6) is 5.75 Å². The summed E-state index contributed by atoms with van der Waals surface area (Å²) in [6, 6.07) is 6.51. The summed E-state index contributed by atoms with van der Waals surface area (Å²) in [6.45, 7) is 4.40. The topological polar surface area (TPSA) is 84.7 Å². The van der Waals surface area contributed by atoms with Crippen LogP contribution in [0, 0.1) is 12.8 Å². The Labute approximate surface area is 152 Å². The number of aryl methyl sites for hydroxylation is 1. The molecular formula is C19H23N3O4. The fourth-order valence-electron chi connectivity index (χ4n) is 3.32.